The minimum atomic E-state index is -0.574. The standard InChI is InChI=1S/C10H20N2O2/c1-9(2,3)14-8(13)7(11)10(4)5-6-12-10/h7,12H,5-6,11H2,1-4H3. The largest absolute Gasteiger partial charge is 0.459 e. The Bertz CT molecular complexity index is 229. The maximum absolute atomic E-state index is 11.6. The average Bonchev–Trinajstić information content (AvgIpc) is 1.95. The fourth-order valence-corrected chi connectivity index (χ4v) is 1.41. The Morgan fingerprint density at radius 1 is 1.57 bits per heavy atom. The van der Waals surface area contributed by atoms with Gasteiger partial charge in [-0.05, 0) is 40.7 Å². The maximum Gasteiger partial charge on any atom is 0.325 e. The Kier molecular flexibility index (Phi) is 2.88. The molecule has 0 radical (unpaired) electrons. The summed E-state index contributed by atoms with van der Waals surface area (Å²) in [7, 11) is 0. The highest BCUT2D eigenvalue weighted by molar-refractivity contribution is 5.78. The molecule has 82 valence electrons. The fraction of sp³-hybridized carbons (Fsp3) is 0.900. The molecule has 2 atom stereocenters. The van der Waals surface area contributed by atoms with Gasteiger partial charge in [0.2, 0.25) is 0 Å². The molecule has 1 rings (SSSR count). The van der Waals surface area contributed by atoms with E-state index in [2.05, 4.69) is 5.32 Å². The third kappa shape index (κ3) is 2.45. The first-order valence-corrected chi connectivity index (χ1v) is 4.98. The molecule has 2 unspecified atom stereocenters. The van der Waals surface area contributed by atoms with E-state index in [-0.39, 0.29) is 11.5 Å². The van der Waals surface area contributed by atoms with Crippen molar-refractivity contribution in [2.45, 2.75) is 51.3 Å². The highest BCUT2D eigenvalue weighted by Crippen LogP contribution is 2.23. The van der Waals surface area contributed by atoms with Crippen molar-refractivity contribution >= 4 is 5.97 Å². The molecule has 0 amide bonds. The van der Waals surface area contributed by atoms with Gasteiger partial charge in [-0.3, -0.25) is 4.79 Å². The van der Waals surface area contributed by atoms with E-state index in [0.29, 0.717) is 0 Å². The van der Waals surface area contributed by atoms with Gasteiger partial charge < -0.3 is 15.8 Å². The van der Waals surface area contributed by atoms with Gasteiger partial charge in [-0.1, -0.05) is 0 Å². The van der Waals surface area contributed by atoms with Gasteiger partial charge in [-0.25, -0.2) is 0 Å². The Labute approximate surface area is 85.2 Å². The Morgan fingerprint density at radius 3 is 2.36 bits per heavy atom. The highest BCUT2D eigenvalue weighted by atomic mass is 16.6. The van der Waals surface area contributed by atoms with E-state index in [1.807, 2.05) is 27.7 Å². The number of nitrogens with one attached hydrogen (secondary N) is 1. The molecule has 0 aromatic carbocycles. The number of nitrogens with two attached hydrogens (primary N) is 1. The molecule has 0 aromatic heterocycles. The van der Waals surface area contributed by atoms with Crippen molar-refractivity contribution in [2.75, 3.05) is 6.54 Å². The van der Waals surface area contributed by atoms with E-state index >= 15 is 0 Å². The molecule has 0 aliphatic carbocycles. The van der Waals surface area contributed by atoms with E-state index in [1.54, 1.807) is 0 Å². The Morgan fingerprint density at radius 2 is 2.07 bits per heavy atom. The normalized spacial score (nSPS) is 29.2. The van der Waals surface area contributed by atoms with Gasteiger partial charge in [0.05, 0.1) is 0 Å². The molecule has 14 heavy (non-hydrogen) atoms. The molecular formula is C10H20N2O2. The molecule has 1 heterocycles. The molecular weight excluding hydrogens is 180 g/mol. The lowest BCUT2D eigenvalue weighted by Crippen LogP contribution is -2.67. The zero-order valence-electron chi connectivity index (χ0n) is 9.39. The van der Waals surface area contributed by atoms with Crippen LogP contribution in [0.2, 0.25) is 0 Å². The van der Waals surface area contributed by atoms with Gasteiger partial charge in [0, 0.05) is 5.54 Å². The van der Waals surface area contributed by atoms with E-state index in [1.165, 1.54) is 0 Å². The molecule has 0 bridgehead atoms. The molecule has 1 aliphatic rings. The van der Waals surface area contributed by atoms with Gasteiger partial charge in [0.15, 0.2) is 0 Å². The van der Waals surface area contributed by atoms with Gasteiger partial charge in [-0.15, -0.1) is 0 Å². The molecule has 3 N–H and O–H groups in total. The number of esters is 1. The van der Waals surface area contributed by atoms with Crippen molar-refractivity contribution in [3.8, 4) is 0 Å². The summed E-state index contributed by atoms with van der Waals surface area (Å²) in [6.45, 7) is 8.40. The second-order valence-electron chi connectivity index (χ2n) is 5.11. The molecule has 1 aliphatic heterocycles. The third-order valence-electron chi connectivity index (χ3n) is 2.52. The van der Waals surface area contributed by atoms with Crippen LogP contribution >= 0.6 is 0 Å². The van der Waals surface area contributed by atoms with Gasteiger partial charge in [-0.2, -0.15) is 0 Å². The van der Waals surface area contributed by atoms with Crippen LogP contribution in [-0.2, 0) is 9.53 Å². The van der Waals surface area contributed by atoms with Crippen molar-refractivity contribution in [3.05, 3.63) is 0 Å². The van der Waals surface area contributed by atoms with E-state index in [9.17, 15) is 4.79 Å². The molecule has 1 fully saturated rings. The van der Waals surface area contributed by atoms with Crippen molar-refractivity contribution in [1.82, 2.24) is 5.32 Å². The fourth-order valence-electron chi connectivity index (χ4n) is 1.41. The molecule has 4 nitrogen and oxygen atoms in total. The van der Waals surface area contributed by atoms with Crippen molar-refractivity contribution in [3.63, 3.8) is 0 Å². The zero-order valence-corrected chi connectivity index (χ0v) is 9.39. The predicted molar refractivity (Wildman–Crippen MR) is 54.8 cm³/mol. The van der Waals surface area contributed by atoms with E-state index in [0.717, 1.165) is 13.0 Å². The minimum Gasteiger partial charge on any atom is -0.459 e. The zero-order chi connectivity index (χ0) is 11.0. The Balaban J connectivity index is 2.52. The summed E-state index contributed by atoms with van der Waals surface area (Å²) in [4.78, 5) is 11.6. The third-order valence-corrected chi connectivity index (χ3v) is 2.52. The predicted octanol–water partition coefficient (Wildman–Crippen LogP) is 0.407. The summed E-state index contributed by atoms with van der Waals surface area (Å²) in [6.07, 6.45) is 0.924. The smallest absolute Gasteiger partial charge is 0.325 e. The topological polar surface area (TPSA) is 64.3 Å². The van der Waals surface area contributed by atoms with Gasteiger partial charge in [0.1, 0.15) is 11.6 Å². The first kappa shape index (κ1) is 11.5. The number of hydrogen-bond acceptors (Lipinski definition) is 4. The maximum atomic E-state index is 11.6. The van der Waals surface area contributed by atoms with Gasteiger partial charge >= 0.3 is 5.97 Å². The SMILES string of the molecule is CC(C)(C)OC(=O)C(N)C1(C)CCN1. The van der Waals surface area contributed by atoms with Crippen LogP contribution in [0.1, 0.15) is 34.1 Å². The van der Waals surface area contributed by atoms with E-state index in [4.69, 9.17) is 10.5 Å². The lowest BCUT2D eigenvalue weighted by Gasteiger charge is -2.43. The van der Waals surface area contributed by atoms with Crippen molar-refractivity contribution in [2.24, 2.45) is 5.73 Å². The van der Waals surface area contributed by atoms with Crippen LogP contribution in [0.25, 0.3) is 0 Å². The average molecular weight is 200 g/mol. The first-order chi connectivity index (χ1) is 6.25. The van der Waals surface area contributed by atoms with Crippen LogP contribution in [0.4, 0.5) is 0 Å². The molecule has 4 heteroatoms. The second-order valence-corrected chi connectivity index (χ2v) is 5.11. The van der Waals surface area contributed by atoms with Crippen molar-refractivity contribution < 1.29 is 9.53 Å². The number of ether oxygens (including phenoxy) is 1. The van der Waals surface area contributed by atoms with Gasteiger partial charge in [0.25, 0.3) is 0 Å². The monoisotopic (exact) mass is 200 g/mol. The van der Waals surface area contributed by atoms with Crippen LogP contribution in [0.3, 0.4) is 0 Å². The van der Waals surface area contributed by atoms with Crippen LogP contribution in [0.15, 0.2) is 0 Å². The number of carbonyl (C=O) groups is 1. The lowest BCUT2D eigenvalue weighted by molar-refractivity contribution is -0.159. The summed E-state index contributed by atoms with van der Waals surface area (Å²) in [5.41, 5.74) is 5.09. The second kappa shape index (κ2) is 3.51. The summed E-state index contributed by atoms with van der Waals surface area (Å²) in [5, 5.41) is 3.16. The van der Waals surface area contributed by atoms with Crippen LogP contribution in [0.5, 0.6) is 0 Å². The summed E-state index contributed by atoms with van der Waals surface area (Å²) < 4.78 is 5.22. The number of carbonyl (C=O) groups excluding carboxylic acids is 1. The van der Waals surface area contributed by atoms with Crippen LogP contribution in [0, 0.1) is 0 Å². The first-order valence-electron chi connectivity index (χ1n) is 4.98. The van der Waals surface area contributed by atoms with E-state index < -0.39 is 11.6 Å². The molecule has 0 saturated carbocycles. The van der Waals surface area contributed by atoms with Crippen molar-refractivity contribution in [1.29, 1.82) is 0 Å². The molecule has 0 spiro atoms. The number of hydrogen-bond donors (Lipinski definition) is 2. The molecule has 1 saturated heterocycles. The summed E-state index contributed by atoms with van der Waals surface area (Å²) in [6, 6.07) is -0.574. The summed E-state index contributed by atoms with van der Waals surface area (Å²) >= 11 is 0. The minimum absolute atomic E-state index is 0.275. The quantitative estimate of drug-likeness (QED) is 0.634. The molecule has 0 aromatic rings. The lowest BCUT2D eigenvalue weighted by atomic mass is 9.83. The number of rotatable bonds is 2. The summed E-state index contributed by atoms with van der Waals surface area (Å²) in [5.74, 6) is -0.327. The highest BCUT2D eigenvalue weighted by Gasteiger charge is 2.42. The van der Waals surface area contributed by atoms with Crippen LogP contribution < -0.4 is 11.1 Å². The Hall–Kier alpha value is -0.610. The van der Waals surface area contributed by atoms with Crippen LogP contribution in [-0.4, -0.2) is 29.7 Å².